The first kappa shape index (κ1) is 16.6. The first-order valence-corrected chi connectivity index (χ1v) is 7.51. The van der Waals surface area contributed by atoms with Crippen molar-refractivity contribution in [1.29, 1.82) is 0 Å². The lowest BCUT2D eigenvalue weighted by molar-refractivity contribution is -0.138. The number of aromatic nitrogens is 1. The molecular formula is C13H21N3O3S. The molecule has 0 aliphatic rings. The van der Waals surface area contributed by atoms with Crippen LogP contribution in [-0.2, 0) is 14.3 Å². The molecule has 7 heteroatoms. The van der Waals surface area contributed by atoms with Crippen molar-refractivity contribution >= 4 is 28.3 Å². The second kappa shape index (κ2) is 9.44. The van der Waals surface area contributed by atoms with Gasteiger partial charge in [0, 0.05) is 25.2 Å². The number of anilines is 1. The van der Waals surface area contributed by atoms with Crippen molar-refractivity contribution in [2.45, 2.75) is 26.2 Å². The Morgan fingerprint density at radius 2 is 2.25 bits per heavy atom. The van der Waals surface area contributed by atoms with Gasteiger partial charge < -0.3 is 15.0 Å². The summed E-state index contributed by atoms with van der Waals surface area (Å²) in [6.07, 6.45) is 4.61. The summed E-state index contributed by atoms with van der Waals surface area (Å²) in [5.74, 6) is -0.404. The third-order valence-electron chi connectivity index (χ3n) is 2.67. The molecule has 0 aliphatic heterocycles. The fraction of sp³-hybridized carbons (Fsp3) is 0.615. The van der Waals surface area contributed by atoms with Crippen molar-refractivity contribution < 1.29 is 14.3 Å². The number of thiazole rings is 1. The number of hydrogen-bond acceptors (Lipinski definition) is 5. The maximum atomic E-state index is 11.9. The Morgan fingerprint density at radius 1 is 1.45 bits per heavy atom. The van der Waals surface area contributed by atoms with Crippen molar-refractivity contribution in [3.05, 3.63) is 11.6 Å². The van der Waals surface area contributed by atoms with Gasteiger partial charge in [-0.2, -0.15) is 0 Å². The Labute approximate surface area is 123 Å². The number of carbonyl (C=O) groups excluding carboxylic acids is 2. The van der Waals surface area contributed by atoms with Gasteiger partial charge in [-0.1, -0.05) is 19.8 Å². The van der Waals surface area contributed by atoms with E-state index in [1.54, 1.807) is 11.6 Å². The van der Waals surface area contributed by atoms with E-state index in [-0.39, 0.29) is 25.0 Å². The SMILES string of the molecule is CCCCCN(CC(=O)Nc1nccs1)C(=O)COC. The monoisotopic (exact) mass is 299 g/mol. The number of methoxy groups -OCH3 is 1. The number of nitrogens with zero attached hydrogens (tertiary/aromatic N) is 2. The molecular weight excluding hydrogens is 278 g/mol. The van der Waals surface area contributed by atoms with Crippen LogP contribution in [0.15, 0.2) is 11.6 Å². The Balaban J connectivity index is 2.49. The van der Waals surface area contributed by atoms with Crippen molar-refractivity contribution in [3.8, 4) is 0 Å². The van der Waals surface area contributed by atoms with Crippen molar-refractivity contribution in [3.63, 3.8) is 0 Å². The highest BCUT2D eigenvalue weighted by Crippen LogP contribution is 2.10. The molecule has 112 valence electrons. The minimum atomic E-state index is -0.235. The van der Waals surface area contributed by atoms with E-state index >= 15 is 0 Å². The minimum Gasteiger partial charge on any atom is -0.375 e. The highest BCUT2D eigenvalue weighted by Gasteiger charge is 2.17. The molecule has 0 unspecified atom stereocenters. The van der Waals surface area contributed by atoms with Crippen LogP contribution in [0.25, 0.3) is 0 Å². The first-order chi connectivity index (χ1) is 9.67. The fourth-order valence-corrected chi connectivity index (χ4v) is 2.22. The second-order valence-corrected chi connectivity index (χ2v) is 5.24. The quantitative estimate of drug-likeness (QED) is 0.705. The molecule has 1 N–H and O–H groups in total. The molecule has 6 nitrogen and oxygen atoms in total. The van der Waals surface area contributed by atoms with E-state index in [0.717, 1.165) is 19.3 Å². The lowest BCUT2D eigenvalue weighted by Crippen LogP contribution is -2.40. The van der Waals surface area contributed by atoms with Gasteiger partial charge in [0.2, 0.25) is 11.8 Å². The van der Waals surface area contributed by atoms with Gasteiger partial charge in [-0.05, 0) is 6.42 Å². The number of nitrogens with one attached hydrogen (secondary N) is 1. The van der Waals surface area contributed by atoms with Crippen LogP contribution in [0.1, 0.15) is 26.2 Å². The third-order valence-corrected chi connectivity index (χ3v) is 3.35. The summed E-state index contributed by atoms with van der Waals surface area (Å²) in [6.45, 7) is 2.69. The molecule has 1 heterocycles. The first-order valence-electron chi connectivity index (χ1n) is 6.63. The normalized spacial score (nSPS) is 10.3. The van der Waals surface area contributed by atoms with Gasteiger partial charge in [0.05, 0.1) is 6.54 Å². The minimum absolute atomic E-state index is 0.00332. The van der Waals surface area contributed by atoms with Crippen molar-refractivity contribution in [2.75, 3.05) is 32.1 Å². The summed E-state index contributed by atoms with van der Waals surface area (Å²) < 4.78 is 4.85. The molecule has 0 aliphatic carbocycles. The van der Waals surface area contributed by atoms with Crippen LogP contribution in [0.5, 0.6) is 0 Å². The molecule has 0 atom stereocenters. The zero-order valence-corrected chi connectivity index (χ0v) is 12.7. The summed E-state index contributed by atoms with van der Waals surface area (Å²) in [5, 5.41) is 5.00. The van der Waals surface area contributed by atoms with Gasteiger partial charge in [0.25, 0.3) is 0 Å². The van der Waals surface area contributed by atoms with Crippen LogP contribution in [0, 0.1) is 0 Å². The highest BCUT2D eigenvalue weighted by atomic mass is 32.1. The van der Waals surface area contributed by atoms with Crippen LogP contribution >= 0.6 is 11.3 Å². The summed E-state index contributed by atoms with van der Waals surface area (Å²) >= 11 is 1.35. The molecule has 1 rings (SSSR count). The zero-order chi connectivity index (χ0) is 14.8. The number of amides is 2. The molecule has 0 saturated heterocycles. The smallest absolute Gasteiger partial charge is 0.249 e. The van der Waals surface area contributed by atoms with E-state index in [1.165, 1.54) is 23.3 Å². The van der Waals surface area contributed by atoms with Gasteiger partial charge in [0.1, 0.15) is 6.61 Å². The Kier molecular flexibility index (Phi) is 7.82. The van der Waals surface area contributed by atoms with Gasteiger partial charge in [0.15, 0.2) is 5.13 Å². The summed E-state index contributed by atoms with van der Waals surface area (Å²) in [4.78, 5) is 29.3. The molecule has 20 heavy (non-hydrogen) atoms. The van der Waals surface area contributed by atoms with Crippen LogP contribution in [-0.4, -0.2) is 48.5 Å². The Hall–Kier alpha value is -1.47. The standard InChI is InChI=1S/C13H21N3O3S/c1-3-4-5-7-16(12(18)10-19-2)9-11(17)15-13-14-6-8-20-13/h6,8H,3-5,7,9-10H2,1-2H3,(H,14,15,17). The largest absolute Gasteiger partial charge is 0.375 e. The number of rotatable bonds is 9. The molecule has 0 aromatic carbocycles. The topological polar surface area (TPSA) is 71.5 Å². The van der Waals surface area contributed by atoms with Crippen molar-refractivity contribution in [2.24, 2.45) is 0 Å². The van der Waals surface area contributed by atoms with E-state index in [1.807, 2.05) is 0 Å². The fourth-order valence-electron chi connectivity index (χ4n) is 1.68. The predicted molar refractivity (Wildman–Crippen MR) is 78.7 cm³/mol. The maximum Gasteiger partial charge on any atom is 0.249 e. The predicted octanol–water partition coefficient (Wildman–Crippen LogP) is 1.75. The lowest BCUT2D eigenvalue weighted by Gasteiger charge is -2.21. The number of ether oxygens (including phenoxy) is 1. The lowest BCUT2D eigenvalue weighted by atomic mass is 10.2. The summed E-state index contributed by atoms with van der Waals surface area (Å²) in [5.41, 5.74) is 0. The van der Waals surface area contributed by atoms with Crippen molar-refractivity contribution in [1.82, 2.24) is 9.88 Å². The van der Waals surface area contributed by atoms with E-state index < -0.39 is 0 Å². The molecule has 0 fully saturated rings. The van der Waals surface area contributed by atoms with E-state index in [9.17, 15) is 9.59 Å². The molecule has 0 spiro atoms. The van der Waals surface area contributed by atoms with E-state index in [4.69, 9.17) is 4.74 Å². The van der Waals surface area contributed by atoms with Gasteiger partial charge >= 0.3 is 0 Å². The number of unbranched alkanes of at least 4 members (excludes halogenated alkanes) is 2. The summed E-state index contributed by atoms with van der Waals surface area (Å²) in [6, 6.07) is 0. The van der Waals surface area contributed by atoms with Crippen LogP contribution in [0.3, 0.4) is 0 Å². The third kappa shape index (κ3) is 6.12. The molecule has 0 radical (unpaired) electrons. The average Bonchev–Trinajstić information content (AvgIpc) is 2.90. The zero-order valence-electron chi connectivity index (χ0n) is 11.9. The summed E-state index contributed by atoms with van der Waals surface area (Å²) in [7, 11) is 1.47. The van der Waals surface area contributed by atoms with Crippen LogP contribution in [0.2, 0.25) is 0 Å². The van der Waals surface area contributed by atoms with Gasteiger partial charge in [-0.3, -0.25) is 9.59 Å². The van der Waals surface area contributed by atoms with Gasteiger partial charge in [-0.25, -0.2) is 4.98 Å². The van der Waals surface area contributed by atoms with E-state index in [0.29, 0.717) is 11.7 Å². The van der Waals surface area contributed by atoms with Gasteiger partial charge in [-0.15, -0.1) is 11.3 Å². The average molecular weight is 299 g/mol. The Morgan fingerprint density at radius 3 is 2.85 bits per heavy atom. The molecule has 0 bridgehead atoms. The molecule has 0 saturated carbocycles. The molecule has 1 aromatic heterocycles. The van der Waals surface area contributed by atoms with E-state index in [2.05, 4.69) is 17.2 Å². The van der Waals surface area contributed by atoms with Crippen LogP contribution in [0.4, 0.5) is 5.13 Å². The number of hydrogen-bond donors (Lipinski definition) is 1. The van der Waals surface area contributed by atoms with Crippen LogP contribution < -0.4 is 5.32 Å². The maximum absolute atomic E-state index is 11.9. The molecule has 1 aromatic rings. The molecule has 2 amide bonds. The Bertz CT molecular complexity index is 409. The highest BCUT2D eigenvalue weighted by molar-refractivity contribution is 7.13. The second-order valence-electron chi connectivity index (χ2n) is 4.34. The number of carbonyl (C=O) groups is 2.